The van der Waals surface area contributed by atoms with Gasteiger partial charge in [-0.1, -0.05) is 11.6 Å². The zero-order valence-corrected chi connectivity index (χ0v) is 15.7. The average molecular weight is 383 g/mol. The number of likely N-dealkylation sites (tertiary alicyclic amines) is 1. The summed E-state index contributed by atoms with van der Waals surface area (Å²) in [5.41, 5.74) is -0.694. The van der Waals surface area contributed by atoms with Crippen molar-refractivity contribution >= 4 is 36.0 Å². The molecule has 0 unspecified atom stereocenters. The van der Waals surface area contributed by atoms with Crippen molar-refractivity contribution in [1.29, 1.82) is 0 Å². The van der Waals surface area contributed by atoms with Crippen molar-refractivity contribution in [1.82, 2.24) is 10.2 Å². The highest BCUT2D eigenvalue weighted by atomic mass is 35.5. The van der Waals surface area contributed by atoms with E-state index in [4.69, 9.17) is 16.3 Å². The molecular weight excluding hydrogens is 360 g/mol. The molecule has 136 valence electrons. The standard InChI is InChI=1S/C18H23ClN2O3S/c19-14-1-3-15(4-2-14)24-18(7-8-18)17(23)21-9-5-13(6-10-21)11-20-16(22)12-25/h1-4,13,25H,5-12H2,(H,20,22). The Morgan fingerprint density at radius 3 is 2.44 bits per heavy atom. The van der Waals surface area contributed by atoms with E-state index in [0.717, 1.165) is 25.7 Å². The molecule has 0 aromatic heterocycles. The van der Waals surface area contributed by atoms with Crippen molar-refractivity contribution < 1.29 is 14.3 Å². The molecule has 0 spiro atoms. The number of nitrogens with zero attached hydrogens (tertiary/aromatic N) is 1. The third kappa shape index (κ3) is 4.61. The van der Waals surface area contributed by atoms with Crippen molar-refractivity contribution in [2.75, 3.05) is 25.4 Å². The normalized spacial score (nSPS) is 19.4. The van der Waals surface area contributed by atoms with Crippen LogP contribution in [0.2, 0.25) is 5.02 Å². The lowest BCUT2D eigenvalue weighted by Gasteiger charge is -2.34. The van der Waals surface area contributed by atoms with Gasteiger partial charge in [0.1, 0.15) is 5.75 Å². The average Bonchev–Trinajstić information content (AvgIpc) is 3.42. The first kappa shape index (κ1) is 18.4. The lowest BCUT2D eigenvalue weighted by molar-refractivity contribution is -0.142. The van der Waals surface area contributed by atoms with Crippen molar-refractivity contribution in [3.63, 3.8) is 0 Å². The Bertz CT molecular complexity index is 626. The molecule has 0 atom stereocenters. The first-order valence-electron chi connectivity index (χ1n) is 8.64. The molecule has 1 heterocycles. The van der Waals surface area contributed by atoms with E-state index in [0.29, 0.717) is 36.3 Å². The smallest absolute Gasteiger partial charge is 0.266 e. The topological polar surface area (TPSA) is 58.6 Å². The van der Waals surface area contributed by atoms with Gasteiger partial charge in [-0.15, -0.1) is 0 Å². The Kier molecular flexibility index (Phi) is 5.79. The molecule has 1 aromatic rings. The largest absolute Gasteiger partial charge is 0.477 e. The first-order valence-corrected chi connectivity index (χ1v) is 9.65. The molecule has 2 fully saturated rings. The molecule has 1 aliphatic carbocycles. The van der Waals surface area contributed by atoms with Crippen LogP contribution in [-0.4, -0.2) is 47.7 Å². The number of nitrogens with one attached hydrogen (secondary N) is 1. The van der Waals surface area contributed by atoms with Crippen LogP contribution in [0.5, 0.6) is 5.75 Å². The van der Waals surface area contributed by atoms with E-state index in [1.54, 1.807) is 24.3 Å². The molecule has 25 heavy (non-hydrogen) atoms. The number of ether oxygens (including phenoxy) is 1. The molecule has 2 amide bonds. The highest BCUT2D eigenvalue weighted by Gasteiger charge is 2.55. The SMILES string of the molecule is O=C(CS)NCC1CCN(C(=O)C2(Oc3ccc(Cl)cc3)CC2)CC1. The lowest BCUT2D eigenvalue weighted by Crippen LogP contribution is -2.48. The summed E-state index contributed by atoms with van der Waals surface area (Å²) in [7, 11) is 0. The summed E-state index contributed by atoms with van der Waals surface area (Å²) in [4.78, 5) is 26.1. The van der Waals surface area contributed by atoms with Gasteiger partial charge in [-0.3, -0.25) is 9.59 Å². The number of carbonyl (C=O) groups is 2. The van der Waals surface area contributed by atoms with E-state index in [-0.39, 0.29) is 17.6 Å². The van der Waals surface area contributed by atoms with Gasteiger partial charge in [0, 0.05) is 37.5 Å². The van der Waals surface area contributed by atoms with Gasteiger partial charge < -0.3 is 15.0 Å². The van der Waals surface area contributed by atoms with Crippen LogP contribution in [0.15, 0.2) is 24.3 Å². The quantitative estimate of drug-likeness (QED) is 0.743. The Balaban J connectivity index is 1.50. The van der Waals surface area contributed by atoms with Crippen LogP contribution in [0.4, 0.5) is 0 Å². The molecule has 1 saturated heterocycles. The van der Waals surface area contributed by atoms with Crippen molar-refractivity contribution in [3.8, 4) is 5.75 Å². The third-order valence-electron chi connectivity index (χ3n) is 4.85. The number of piperidine rings is 1. The Morgan fingerprint density at radius 2 is 1.88 bits per heavy atom. The van der Waals surface area contributed by atoms with Crippen LogP contribution in [0.3, 0.4) is 0 Å². The highest BCUT2D eigenvalue weighted by molar-refractivity contribution is 7.81. The van der Waals surface area contributed by atoms with Crippen molar-refractivity contribution in [2.24, 2.45) is 5.92 Å². The molecule has 3 rings (SSSR count). The van der Waals surface area contributed by atoms with E-state index in [9.17, 15) is 9.59 Å². The number of thiol groups is 1. The van der Waals surface area contributed by atoms with Crippen molar-refractivity contribution in [3.05, 3.63) is 29.3 Å². The summed E-state index contributed by atoms with van der Waals surface area (Å²) < 4.78 is 5.99. The van der Waals surface area contributed by atoms with Gasteiger partial charge in [0.15, 0.2) is 5.60 Å². The number of carbonyl (C=O) groups excluding carboxylic acids is 2. The fourth-order valence-corrected chi connectivity index (χ4v) is 3.38. The number of rotatable bonds is 6. The molecule has 2 aliphatic rings. The second kappa shape index (κ2) is 7.87. The highest BCUT2D eigenvalue weighted by Crippen LogP contribution is 2.42. The summed E-state index contributed by atoms with van der Waals surface area (Å²) in [6.07, 6.45) is 3.31. The van der Waals surface area contributed by atoms with Gasteiger partial charge in [0.25, 0.3) is 5.91 Å². The fraction of sp³-hybridized carbons (Fsp3) is 0.556. The maximum absolute atomic E-state index is 12.9. The van der Waals surface area contributed by atoms with Crippen LogP contribution in [0, 0.1) is 5.92 Å². The van der Waals surface area contributed by atoms with E-state index >= 15 is 0 Å². The van der Waals surface area contributed by atoms with Gasteiger partial charge in [-0.25, -0.2) is 0 Å². The third-order valence-corrected chi connectivity index (χ3v) is 5.39. The predicted octanol–water partition coefficient (Wildman–Crippen LogP) is 2.54. The molecule has 1 aliphatic heterocycles. The van der Waals surface area contributed by atoms with Gasteiger partial charge in [0.05, 0.1) is 5.75 Å². The Labute approximate surface area is 158 Å². The zero-order chi connectivity index (χ0) is 17.9. The maximum atomic E-state index is 12.9. The van der Waals surface area contributed by atoms with Gasteiger partial charge >= 0.3 is 0 Å². The number of hydrogen-bond donors (Lipinski definition) is 2. The molecule has 0 bridgehead atoms. The number of amides is 2. The molecule has 1 saturated carbocycles. The number of hydrogen-bond acceptors (Lipinski definition) is 4. The predicted molar refractivity (Wildman–Crippen MR) is 100 cm³/mol. The summed E-state index contributed by atoms with van der Waals surface area (Å²) >= 11 is 9.84. The summed E-state index contributed by atoms with van der Waals surface area (Å²) in [6, 6.07) is 7.13. The van der Waals surface area contributed by atoms with Gasteiger partial charge in [-0.2, -0.15) is 12.6 Å². The van der Waals surface area contributed by atoms with Gasteiger partial charge in [0.2, 0.25) is 5.91 Å². The summed E-state index contributed by atoms with van der Waals surface area (Å²) in [5.74, 6) is 1.34. The first-order chi connectivity index (χ1) is 12.0. The lowest BCUT2D eigenvalue weighted by atomic mass is 9.96. The molecule has 7 heteroatoms. The molecule has 1 N–H and O–H groups in total. The Morgan fingerprint density at radius 1 is 1.24 bits per heavy atom. The molecular formula is C18H23ClN2O3S. The second-order valence-electron chi connectivity index (χ2n) is 6.75. The van der Waals surface area contributed by atoms with E-state index in [1.165, 1.54) is 0 Å². The van der Waals surface area contributed by atoms with E-state index in [1.807, 2.05) is 4.90 Å². The summed E-state index contributed by atoms with van der Waals surface area (Å²) in [6.45, 7) is 2.09. The van der Waals surface area contributed by atoms with Crippen LogP contribution in [-0.2, 0) is 9.59 Å². The second-order valence-corrected chi connectivity index (χ2v) is 7.50. The minimum absolute atomic E-state index is 0.0462. The Hall–Kier alpha value is -1.40. The summed E-state index contributed by atoms with van der Waals surface area (Å²) in [5, 5.41) is 3.52. The zero-order valence-electron chi connectivity index (χ0n) is 14.0. The number of benzene rings is 1. The van der Waals surface area contributed by atoms with Crippen molar-refractivity contribution in [2.45, 2.75) is 31.3 Å². The van der Waals surface area contributed by atoms with Crippen LogP contribution in [0.1, 0.15) is 25.7 Å². The molecule has 0 radical (unpaired) electrons. The fourth-order valence-electron chi connectivity index (χ4n) is 3.14. The molecule has 5 nitrogen and oxygen atoms in total. The molecule has 1 aromatic carbocycles. The van der Waals surface area contributed by atoms with Crippen LogP contribution >= 0.6 is 24.2 Å². The minimum atomic E-state index is -0.694. The van der Waals surface area contributed by atoms with Crippen LogP contribution in [0.25, 0.3) is 0 Å². The maximum Gasteiger partial charge on any atom is 0.266 e. The minimum Gasteiger partial charge on any atom is -0.477 e. The van der Waals surface area contributed by atoms with E-state index in [2.05, 4.69) is 17.9 Å². The number of halogens is 1. The monoisotopic (exact) mass is 382 g/mol. The van der Waals surface area contributed by atoms with Crippen LogP contribution < -0.4 is 10.1 Å². The van der Waals surface area contributed by atoms with E-state index < -0.39 is 5.60 Å². The van der Waals surface area contributed by atoms with Gasteiger partial charge in [-0.05, 0) is 43.0 Å².